The van der Waals surface area contributed by atoms with Gasteiger partial charge in [-0.1, -0.05) is 301 Å². The first-order valence-corrected chi connectivity index (χ1v) is 39.1. The number of hydrogen-bond donors (Lipinski definition) is 0. The Morgan fingerprint density at radius 1 is 0.120 bits per heavy atom. The summed E-state index contributed by atoms with van der Waals surface area (Å²) in [6.45, 7) is 29.1. The Morgan fingerprint density at radius 2 is 0.250 bits per heavy atom. The van der Waals surface area contributed by atoms with Crippen molar-refractivity contribution in [3.8, 4) is 134 Å². The molecule has 0 aromatic heterocycles. The predicted octanol–water partition coefficient (Wildman–Crippen LogP) is 29.0. The highest BCUT2D eigenvalue weighted by Crippen LogP contribution is 2.59. The van der Waals surface area contributed by atoms with E-state index >= 15 is 0 Å². The van der Waals surface area contributed by atoms with Crippen molar-refractivity contribution >= 4 is 32.3 Å². The summed E-state index contributed by atoms with van der Waals surface area (Å²) in [5, 5.41) is 7.43. The van der Waals surface area contributed by atoms with Crippen LogP contribution in [-0.2, 0) is 32.5 Å². The molecular formula is C108H84. The average molecular weight is 1380 g/mol. The number of benzene rings is 16. The van der Waals surface area contributed by atoms with Gasteiger partial charge in [-0.15, -0.1) is 0 Å². The van der Waals surface area contributed by atoms with Crippen LogP contribution in [0.3, 0.4) is 0 Å². The van der Waals surface area contributed by atoms with Crippen LogP contribution in [0.5, 0.6) is 0 Å². The van der Waals surface area contributed by atoms with Crippen LogP contribution < -0.4 is 0 Å². The average Bonchev–Trinajstić information content (AvgIpc) is 1.45. The van der Waals surface area contributed by atoms with Crippen molar-refractivity contribution in [2.45, 2.75) is 116 Å². The summed E-state index contributed by atoms with van der Waals surface area (Å²) in [4.78, 5) is 0. The van der Waals surface area contributed by atoms with Crippen molar-refractivity contribution in [2.75, 3.05) is 0 Å². The maximum atomic E-state index is 2.64. The van der Waals surface area contributed by atoms with Gasteiger partial charge in [0.2, 0.25) is 0 Å². The van der Waals surface area contributed by atoms with Crippen LogP contribution in [0.1, 0.15) is 150 Å². The van der Waals surface area contributed by atoms with E-state index in [2.05, 4.69) is 374 Å². The van der Waals surface area contributed by atoms with E-state index in [1.54, 1.807) is 0 Å². The first-order valence-electron chi connectivity index (χ1n) is 39.1. The first-order chi connectivity index (χ1) is 52.1. The molecule has 0 spiro atoms. The van der Waals surface area contributed by atoms with Crippen molar-refractivity contribution in [1.82, 2.24) is 0 Å². The fourth-order valence-corrected chi connectivity index (χ4v) is 21.8. The van der Waals surface area contributed by atoms with Crippen LogP contribution in [0.25, 0.3) is 166 Å². The van der Waals surface area contributed by atoms with Gasteiger partial charge >= 0.3 is 0 Å². The fraction of sp³-hybridized carbons (Fsp3) is 0.167. The highest BCUT2D eigenvalue weighted by atomic mass is 14.5. The van der Waals surface area contributed by atoms with E-state index in [0.717, 1.165) is 0 Å². The zero-order valence-corrected chi connectivity index (χ0v) is 63.7. The van der Waals surface area contributed by atoms with Crippen LogP contribution in [0, 0.1) is 0 Å². The maximum Gasteiger partial charge on any atom is 0.0159 e. The quantitative estimate of drug-likeness (QED) is 0.146. The summed E-state index contributed by atoms with van der Waals surface area (Å²) in [5.74, 6) is 0. The molecule has 0 saturated heterocycles. The molecule has 0 amide bonds. The standard InChI is InChI=1S/C108H84/c1-103(2)91-31-19-13-25-67(91)73-43-37-61(49-97(73)103)79-55-85-86(56-80(79)62-38-44-74-68-26-14-20-32-92(68)104(3,4)98(74)50-62)88-58-82(64-40-46-76-70-28-16-22-34-94(70)106(7,8)100(76)52-64)84(66-42-48-78-72-30-18-24-36-96(72)108(11,12)102(78)54-66)60-90(88)89-59-83(65-41-47-77-71-29-17-23-35-95(71)107(9,10)101(77)53-65)81(57-87(85)89)63-39-45-75-69-27-15-21-33-93(69)105(5,6)99(75)51-63/h13-60H,1-12H3. The van der Waals surface area contributed by atoms with E-state index in [4.69, 9.17) is 0 Å². The summed E-state index contributed by atoms with van der Waals surface area (Å²) in [5.41, 5.74) is 45.9. The lowest BCUT2D eigenvalue weighted by Crippen LogP contribution is -2.15. The fourth-order valence-electron chi connectivity index (χ4n) is 21.8. The van der Waals surface area contributed by atoms with Crippen LogP contribution >= 0.6 is 0 Å². The molecule has 0 N–H and O–H groups in total. The molecule has 0 heterocycles. The van der Waals surface area contributed by atoms with Gasteiger partial charge in [0.25, 0.3) is 0 Å². The van der Waals surface area contributed by atoms with Gasteiger partial charge in [0.1, 0.15) is 0 Å². The minimum atomic E-state index is -0.208. The minimum Gasteiger partial charge on any atom is -0.0619 e. The predicted molar refractivity (Wildman–Crippen MR) is 457 cm³/mol. The molecule has 0 saturated carbocycles. The van der Waals surface area contributed by atoms with Gasteiger partial charge in [0.05, 0.1) is 0 Å². The summed E-state index contributed by atoms with van der Waals surface area (Å²) >= 11 is 0. The molecule has 6 aliphatic carbocycles. The van der Waals surface area contributed by atoms with Gasteiger partial charge in [-0.2, -0.15) is 0 Å². The number of rotatable bonds is 6. The van der Waals surface area contributed by atoms with Crippen molar-refractivity contribution in [3.05, 3.63) is 358 Å². The molecule has 0 aliphatic heterocycles. The molecule has 16 aromatic carbocycles. The Morgan fingerprint density at radius 3 is 0.398 bits per heavy atom. The second-order valence-electron chi connectivity index (χ2n) is 35.4. The Labute approximate surface area is 635 Å². The van der Waals surface area contributed by atoms with Gasteiger partial charge in [-0.05, 0) is 305 Å². The molecule has 108 heavy (non-hydrogen) atoms. The molecule has 0 heteroatoms. The number of fused-ring (bicyclic) bond motifs is 24. The van der Waals surface area contributed by atoms with Crippen LogP contribution in [-0.4, -0.2) is 0 Å². The molecule has 516 valence electrons. The maximum absolute atomic E-state index is 2.64. The molecule has 0 bridgehead atoms. The van der Waals surface area contributed by atoms with Gasteiger partial charge in [-0.25, -0.2) is 0 Å². The lowest BCUT2D eigenvalue weighted by atomic mass is 9.78. The zero-order valence-electron chi connectivity index (χ0n) is 63.7. The molecule has 22 rings (SSSR count). The smallest absolute Gasteiger partial charge is 0.0159 e. The van der Waals surface area contributed by atoms with Crippen LogP contribution in [0.4, 0.5) is 0 Å². The SMILES string of the molecule is CC1(C)c2ccccc2-c2ccc(-c3cc4c5cc(-c6ccc7c(c6)C(C)(C)c6ccccc6-7)c(-c6ccc7c(c6)C(C)(C)c6ccccc6-7)cc5c5cc(-c6ccc7c(c6)C(C)(C)c6ccccc6-7)c(-c6ccc7c(c6)C(C)(C)c6ccccc6-7)cc5c4cc3-c3ccc4c(c3)C(C)(C)c3ccccc3-4)cc21. The lowest BCUT2D eigenvalue weighted by molar-refractivity contribution is 0.660. The highest BCUT2D eigenvalue weighted by molar-refractivity contribution is 6.29. The van der Waals surface area contributed by atoms with E-state index < -0.39 is 0 Å². The minimum absolute atomic E-state index is 0.208. The summed E-state index contributed by atoms with van der Waals surface area (Å²) in [6, 6.07) is 115. The van der Waals surface area contributed by atoms with Crippen molar-refractivity contribution in [2.24, 2.45) is 0 Å². The topological polar surface area (TPSA) is 0 Å². The zero-order chi connectivity index (χ0) is 73.2. The lowest BCUT2D eigenvalue weighted by Gasteiger charge is -2.25. The van der Waals surface area contributed by atoms with Gasteiger partial charge in [0, 0.05) is 32.5 Å². The first kappa shape index (κ1) is 63.6. The van der Waals surface area contributed by atoms with E-state index in [-0.39, 0.29) is 32.5 Å². The molecule has 0 atom stereocenters. The third-order valence-corrected chi connectivity index (χ3v) is 27.7. The molecule has 0 unspecified atom stereocenters. The molecule has 16 aromatic rings. The molecule has 0 fully saturated rings. The molecule has 0 nitrogen and oxygen atoms in total. The second-order valence-corrected chi connectivity index (χ2v) is 35.4. The molecule has 0 radical (unpaired) electrons. The van der Waals surface area contributed by atoms with E-state index in [1.807, 2.05) is 0 Å². The van der Waals surface area contributed by atoms with Gasteiger partial charge < -0.3 is 0 Å². The third kappa shape index (κ3) is 8.42. The van der Waals surface area contributed by atoms with Gasteiger partial charge in [-0.3, -0.25) is 0 Å². The van der Waals surface area contributed by atoms with Crippen LogP contribution in [0.2, 0.25) is 0 Å². The summed E-state index contributed by atoms with van der Waals surface area (Å²) < 4.78 is 0. The normalized spacial score (nSPS) is 16.2. The van der Waals surface area contributed by atoms with Crippen LogP contribution in [0.15, 0.2) is 291 Å². The van der Waals surface area contributed by atoms with E-state index in [1.165, 1.54) is 233 Å². The van der Waals surface area contributed by atoms with E-state index in [0.29, 0.717) is 0 Å². The Balaban J connectivity index is 0.892. The Kier molecular flexibility index (Phi) is 12.7. The Hall–Kier alpha value is -11.7. The second kappa shape index (κ2) is 21.6. The summed E-state index contributed by atoms with van der Waals surface area (Å²) in [7, 11) is 0. The van der Waals surface area contributed by atoms with Gasteiger partial charge in [0.15, 0.2) is 0 Å². The number of hydrogen-bond acceptors (Lipinski definition) is 0. The van der Waals surface area contributed by atoms with Crippen molar-refractivity contribution in [1.29, 1.82) is 0 Å². The molecular weight excluding hydrogens is 1300 g/mol. The largest absolute Gasteiger partial charge is 0.0619 e. The highest BCUT2D eigenvalue weighted by Gasteiger charge is 2.42. The Bertz CT molecular complexity index is 5700. The molecule has 6 aliphatic rings. The van der Waals surface area contributed by atoms with E-state index in [9.17, 15) is 0 Å². The van der Waals surface area contributed by atoms with Crippen molar-refractivity contribution < 1.29 is 0 Å². The monoisotopic (exact) mass is 1380 g/mol. The third-order valence-electron chi connectivity index (χ3n) is 27.7. The summed E-state index contributed by atoms with van der Waals surface area (Å²) in [6.07, 6.45) is 0. The van der Waals surface area contributed by atoms with Crippen molar-refractivity contribution in [3.63, 3.8) is 0 Å².